The molecule has 0 saturated carbocycles. The third kappa shape index (κ3) is 4.13. The molecule has 2 aliphatic carbocycles. The van der Waals surface area contributed by atoms with Gasteiger partial charge in [0.2, 0.25) is 0 Å². The maximum absolute atomic E-state index is 7.26. The summed E-state index contributed by atoms with van der Waals surface area (Å²) in [5.74, 6) is 0. The van der Waals surface area contributed by atoms with Gasteiger partial charge in [-0.15, -0.1) is 11.3 Å². The zero-order valence-corrected chi connectivity index (χ0v) is 34.1. The topological polar surface area (TPSA) is 52.5 Å². The molecule has 1 saturated heterocycles. The number of benzene rings is 9. The van der Waals surface area contributed by atoms with Gasteiger partial charge in [0.25, 0.3) is 0 Å². The fraction of sp³-hybridized carbons (Fsp3) is 0.0714. The lowest BCUT2D eigenvalue weighted by atomic mass is 9.83. The zero-order chi connectivity index (χ0) is 40.3. The summed E-state index contributed by atoms with van der Waals surface area (Å²) in [7, 11) is 0. The number of rotatable bonds is 4. The Hall–Kier alpha value is -7.06. The Balaban J connectivity index is 0.999. The molecule has 0 bridgehead atoms. The summed E-state index contributed by atoms with van der Waals surface area (Å²) >= 11 is 1.89. The first-order chi connectivity index (χ1) is 30.8. The average molecular weight is 813 g/mol. The van der Waals surface area contributed by atoms with Gasteiger partial charge in [-0.1, -0.05) is 158 Å². The fourth-order valence-corrected chi connectivity index (χ4v) is 13.1. The summed E-state index contributed by atoms with van der Waals surface area (Å²) in [5, 5.41) is 19.3. The molecule has 4 aliphatic rings. The van der Waals surface area contributed by atoms with Crippen LogP contribution in [0.5, 0.6) is 0 Å². The van der Waals surface area contributed by atoms with Crippen LogP contribution in [0.2, 0.25) is 0 Å². The quantitative estimate of drug-likeness (QED) is 0.165. The van der Waals surface area contributed by atoms with Crippen molar-refractivity contribution in [3.8, 4) is 22.3 Å². The predicted molar refractivity (Wildman–Crippen MR) is 254 cm³/mol. The van der Waals surface area contributed by atoms with E-state index in [1.807, 2.05) is 11.3 Å². The van der Waals surface area contributed by atoms with E-state index in [1.54, 1.807) is 0 Å². The largest absolute Gasteiger partial charge is 0.454 e. The van der Waals surface area contributed by atoms with Gasteiger partial charge in [0.05, 0.1) is 29.9 Å². The van der Waals surface area contributed by atoms with Crippen LogP contribution in [0.15, 0.2) is 186 Å². The fourth-order valence-electron chi connectivity index (χ4n) is 11.9. The molecule has 3 unspecified atom stereocenters. The molecule has 3 N–H and O–H groups in total. The lowest BCUT2D eigenvalue weighted by Gasteiger charge is -2.40. The molecule has 9 aromatic carbocycles. The highest BCUT2D eigenvalue weighted by atomic mass is 32.1. The van der Waals surface area contributed by atoms with E-state index < -0.39 is 5.54 Å². The second-order valence-electron chi connectivity index (χ2n) is 17.2. The maximum atomic E-state index is 7.26. The molecule has 0 amide bonds. The highest BCUT2D eigenvalue weighted by molar-refractivity contribution is 7.26. The normalized spacial score (nSPS) is 20.6. The van der Waals surface area contributed by atoms with Crippen molar-refractivity contribution in [2.75, 3.05) is 4.90 Å². The minimum absolute atomic E-state index is 0.0849. The Morgan fingerprint density at radius 2 is 1.10 bits per heavy atom. The Morgan fingerprint density at radius 3 is 1.92 bits per heavy atom. The van der Waals surface area contributed by atoms with Crippen molar-refractivity contribution in [3.05, 3.63) is 215 Å². The predicted octanol–water partition coefficient (Wildman–Crippen LogP) is 13.7. The number of nitrogens with one attached hydrogen (secondary N) is 3. The minimum Gasteiger partial charge on any atom is -0.454 e. The van der Waals surface area contributed by atoms with Crippen LogP contribution in [0.3, 0.4) is 0 Å². The minimum atomic E-state index is -0.570. The summed E-state index contributed by atoms with van der Waals surface area (Å²) in [6.45, 7) is 0. The van der Waals surface area contributed by atoms with Crippen LogP contribution in [-0.4, -0.2) is 0 Å². The molecular formula is C56H36N4OS. The van der Waals surface area contributed by atoms with Gasteiger partial charge in [0.1, 0.15) is 11.1 Å². The van der Waals surface area contributed by atoms with E-state index in [1.165, 1.54) is 86.7 Å². The van der Waals surface area contributed by atoms with E-state index in [2.05, 4.69) is 203 Å². The van der Waals surface area contributed by atoms with Gasteiger partial charge in [0.15, 0.2) is 5.58 Å². The lowest BCUT2D eigenvalue weighted by Crippen LogP contribution is -2.54. The molecule has 15 rings (SSSR count). The zero-order valence-electron chi connectivity index (χ0n) is 33.3. The van der Waals surface area contributed by atoms with Gasteiger partial charge in [-0.25, -0.2) is 0 Å². The van der Waals surface area contributed by atoms with Crippen molar-refractivity contribution >= 4 is 75.6 Å². The van der Waals surface area contributed by atoms with E-state index in [-0.39, 0.29) is 18.5 Å². The Morgan fingerprint density at radius 1 is 0.452 bits per heavy atom. The van der Waals surface area contributed by atoms with Crippen LogP contribution < -0.4 is 20.9 Å². The standard InChI is InChI=1S/C56H36N4OS/c1-3-14-31(15-4-1)53-57-54(32-16-5-2-6-17-32)59-55(58-53)40-23-13-26-44-47(40)39-22-12-25-42(52(39)61-44)60-43-30-46-48(37-19-8-10-27-45(37)62-46)38-29-28-36-35-21-11-20-34-33-18-7-9-24-41(33)56(60,50(34)35)51(36)49(38)43/h1-30,53-55,57-59H. The second-order valence-corrected chi connectivity index (χ2v) is 18.3. The number of para-hydroxylation sites is 1. The molecule has 292 valence electrons. The molecule has 62 heavy (non-hydrogen) atoms. The highest BCUT2D eigenvalue weighted by Crippen LogP contribution is 2.71. The van der Waals surface area contributed by atoms with Crippen molar-refractivity contribution in [2.45, 2.75) is 24.0 Å². The molecule has 3 atom stereocenters. The van der Waals surface area contributed by atoms with Gasteiger partial charge in [-0.3, -0.25) is 16.0 Å². The van der Waals surface area contributed by atoms with Gasteiger partial charge in [-0.05, 0) is 74.2 Å². The first kappa shape index (κ1) is 33.6. The summed E-state index contributed by atoms with van der Waals surface area (Å²) < 4.78 is 9.88. The number of hydrogen-bond donors (Lipinski definition) is 3. The lowest BCUT2D eigenvalue weighted by molar-refractivity contribution is 0.204. The summed E-state index contributed by atoms with van der Waals surface area (Å²) in [4.78, 5) is 2.68. The van der Waals surface area contributed by atoms with Crippen LogP contribution in [-0.2, 0) is 5.54 Å². The number of furan rings is 1. The summed E-state index contributed by atoms with van der Waals surface area (Å²) in [6.07, 6.45) is -0.352. The van der Waals surface area contributed by atoms with Crippen molar-refractivity contribution in [1.82, 2.24) is 16.0 Å². The van der Waals surface area contributed by atoms with E-state index in [9.17, 15) is 0 Å². The molecule has 0 radical (unpaired) electrons. The van der Waals surface area contributed by atoms with Crippen molar-refractivity contribution in [2.24, 2.45) is 0 Å². The second kappa shape index (κ2) is 12.1. The molecule has 1 fully saturated rings. The first-order valence-electron chi connectivity index (χ1n) is 21.5. The Bertz CT molecular complexity index is 3680. The number of nitrogens with zero attached hydrogens (tertiary/aromatic N) is 1. The van der Waals surface area contributed by atoms with Gasteiger partial charge in [-0.2, -0.15) is 0 Å². The maximum Gasteiger partial charge on any atom is 0.159 e. The molecule has 4 heterocycles. The van der Waals surface area contributed by atoms with Crippen molar-refractivity contribution in [1.29, 1.82) is 0 Å². The van der Waals surface area contributed by atoms with Crippen LogP contribution in [0.1, 0.15) is 51.9 Å². The molecule has 11 aromatic rings. The number of hydrogen-bond acceptors (Lipinski definition) is 6. The molecule has 6 heteroatoms. The van der Waals surface area contributed by atoms with Crippen molar-refractivity contribution < 1.29 is 4.42 Å². The number of fused-ring (bicyclic) bond motifs is 10. The van der Waals surface area contributed by atoms with Crippen LogP contribution in [0, 0.1) is 0 Å². The van der Waals surface area contributed by atoms with E-state index in [4.69, 9.17) is 4.42 Å². The van der Waals surface area contributed by atoms with Crippen LogP contribution in [0.25, 0.3) is 75.1 Å². The van der Waals surface area contributed by atoms with Crippen molar-refractivity contribution in [3.63, 3.8) is 0 Å². The van der Waals surface area contributed by atoms with Gasteiger partial charge >= 0.3 is 0 Å². The molecule has 2 aromatic heterocycles. The summed E-state index contributed by atoms with van der Waals surface area (Å²) in [6, 6.07) is 66.9. The van der Waals surface area contributed by atoms with E-state index in [0.29, 0.717) is 0 Å². The third-order valence-corrected chi connectivity index (χ3v) is 15.4. The molecule has 1 spiro atoms. The molecule has 2 aliphatic heterocycles. The first-order valence-corrected chi connectivity index (χ1v) is 22.3. The highest BCUT2D eigenvalue weighted by Gasteiger charge is 2.60. The Labute approximate surface area is 360 Å². The summed E-state index contributed by atoms with van der Waals surface area (Å²) in [5.41, 5.74) is 16.4. The Kier molecular flexibility index (Phi) is 6.54. The van der Waals surface area contributed by atoms with Crippen LogP contribution >= 0.6 is 11.3 Å². The van der Waals surface area contributed by atoms with Gasteiger partial charge in [0, 0.05) is 47.5 Å². The molecule has 5 nitrogen and oxygen atoms in total. The van der Waals surface area contributed by atoms with Crippen LogP contribution in [0.4, 0.5) is 11.4 Å². The monoisotopic (exact) mass is 812 g/mol. The number of anilines is 2. The van der Waals surface area contributed by atoms with Gasteiger partial charge < -0.3 is 9.32 Å². The van der Waals surface area contributed by atoms with E-state index >= 15 is 0 Å². The molecular weight excluding hydrogens is 777 g/mol. The van der Waals surface area contributed by atoms with E-state index in [0.717, 1.165) is 33.2 Å². The third-order valence-electron chi connectivity index (χ3n) is 14.2. The number of thiophene rings is 1. The SMILES string of the molecule is c1ccc(C2NC(c3ccccc3)NC(c3cccc4oc5c(N6c7cc8sc9ccccc9c8c8ccc9c(c78)C67c6ccccc6-c6cccc-9c67)cccc5c34)N2)cc1. The smallest absolute Gasteiger partial charge is 0.159 e. The average Bonchev–Trinajstić information content (AvgIpc) is 4.13.